The Morgan fingerprint density at radius 2 is 2.12 bits per heavy atom. The molecule has 0 spiro atoms. The molecule has 0 aliphatic heterocycles. The van der Waals surface area contributed by atoms with Crippen molar-refractivity contribution >= 4 is 11.2 Å². The quantitative estimate of drug-likeness (QED) is 0.836. The van der Waals surface area contributed by atoms with Gasteiger partial charge in [0.25, 0.3) is 0 Å². The fourth-order valence-electron chi connectivity index (χ4n) is 1.57. The number of rotatable bonds is 2. The highest BCUT2D eigenvalue weighted by Gasteiger charge is 2.12. The maximum Gasteiger partial charge on any atom is 0.159 e. The zero-order valence-electron chi connectivity index (χ0n) is 10.3. The summed E-state index contributed by atoms with van der Waals surface area (Å²) in [5.74, 6) is 1.02. The molecule has 0 fully saturated rings. The van der Waals surface area contributed by atoms with Crippen molar-refractivity contribution in [3.05, 3.63) is 24.2 Å². The van der Waals surface area contributed by atoms with E-state index in [2.05, 4.69) is 36.1 Å². The first kappa shape index (κ1) is 11.1. The lowest BCUT2D eigenvalue weighted by Gasteiger charge is -2.20. The lowest BCUT2D eigenvalue weighted by Crippen LogP contribution is -2.35. The molecule has 0 amide bonds. The summed E-state index contributed by atoms with van der Waals surface area (Å²) in [7, 11) is 2.00. The van der Waals surface area contributed by atoms with Crippen molar-refractivity contribution in [2.45, 2.75) is 32.9 Å². The van der Waals surface area contributed by atoms with Crippen LogP contribution < -0.4 is 5.32 Å². The second kappa shape index (κ2) is 3.87. The van der Waals surface area contributed by atoms with Gasteiger partial charge in [-0.05, 0) is 32.9 Å². The number of nitrogens with zero attached hydrogens (tertiary/aromatic N) is 3. The molecule has 0 bridgehead atoms. The molecule has 4 nitrogen and oxygen atoms in total. The Balaban J connectivity index is 2.28. The predicted molar refractivity (Wildman–Crippen MR) is 65.1 cm³/mol. The van der Waals surface area contributed by atoms with Crippen molar-refractivity contribution in [1.82, 2.24) is 19.9 Å². The van der Waals surface area contributed by atoms with Crippen LogP contribution in [0.5, 0.6) is 0 Å². The van der Waals surface area contributed by atoms with Gasteiger partial charge in [-0.25, -0.2) is 9.97 Å². The van der Waals surface area contributed by atoms with Crippen molar-refractivity contribution in [3.63, 3.8) is 0 Å². The lowest BCUT2D eigenvalue weighted by atomic mass is 10.1. The predicted octanol–water partition coefficient (Wildman–Crippen LogP) is 1.86. The minimum absolute atomic E-state index is 0.103. The van der Waals surface area contributed by atoms with Crippen LogP contribution in [0.4, 0.5) is 0 Å². The van der Waals surface area contributed by atoms with E-state index in [4.69, 9.17) is 0 Å². The van der Waals surface area contributed by atoms with Crippen molar-refractivity contribution in [1.29, 1.82) is 0 Å². The molecule has 2 aromatic heterocycles. The highest BCUT2D eigenvalue weighted by molar-refractivity contribution is 5.70. The van der Waals surface area contributed by atoms with E-state index in [0.29, 0.717) is 0 Å². The smallest absolute Gasteiger partial charge is 0.159 e. The topological polar surface area (TPSA) is 42.7 Å². The molecule has 0 atom stereocenters. The van der Waals surface area contributed by atoms with E-state index in [9.17, 15) is 0 Å². The van der Waals surface area contributed by atoms with Crippen molar-refractivity contribution in [2.75, 3.05) is 0 Å². The fourth-order valence-corrected chi connectivity index (χ4v) is 1.57. The van der Waals surface area contributed by atoms with Crippen LogP contribution in [0.25, 0.3) is 11.2 Å². The van der Waals surface area contributed by atoms with Gasteiger partial charge in [-0.3, -0.25) is 0 Å². The van der Waals surface area contributed by atoms with Gasteiger partial charge >= 0.3 is 0 Å². The van der Waals surface area contributed by atoms with Gasteiger partial charge in [0, 0.05) is 18.8 Å². The summed E-state index contributed by atoms with van der Waals surface area (Å²) in [6.45, 7) is 7.20. The zero-order valence-corrected chi connectivity index (χ0v) is 10.3. The van der Waals surface area contributed by atoms with E-state index in [1.165, 1.54) is 0 Å². The summed E-state index contributed by atoms with van der Waals surface area (Å²) in [4.78, 5) is 8.87. The minimum Gasteiger partial charge on any atom is -0.315 e. The monoisotopic (exact) mass is 218 g/mol. The fraction of sp³-hybridized carbons (Fsp3) is 0.500. The summed E-state index contributed by atoms with van der Waals surface area (Å²) in [5.41, 5.74) is 2.00. The number of aryl methyl sites for hydroxylation is 1. The van der Waals surface area contributed by atoms with Crippen LogP contribution in [-0.2, 0) is 13.6 Å². The molecule has 16 heavy (non-hydrogen) atoms. The van der Waals surface area contributed by atoms with Gasteiger partial charge in [-0.15, -0.1) is 0 Å². The molecule has 0 unspecified atom stereocenters. The van der Waals surface area contributed by atoms with Crippen LogP contribution in [0.15, 0.2) is 18.3 Å². The SMILES string of the molecule is Cn1c(CNC(C)(C)C)nc2cccnc21. The van der Waals surface area contributed by atoms with Crippen molar-refractivity contribution in [3.8, 4) is 0 Å². The molecule has 2 aromatic rings. The van der Waals surface area contributed by atoms with E-state index in [-0.39, 0.29) is 5.54 Å². The Hall–Kier alpha value is -1.42. The Morgan fingerprint density at radius 1 is 1.38 bits per heavy atom. The number of hydrogen-bond acceptors (Lipinski definition) is 3. The number of fused-ring (bicyclic) bond motifs is 1. The van der Waals surface area contributed by atoms with Gasteiger partial charge in [0.15, 0.2) is 5.65 Å². The number of aromatic nitrogens is 3. The maximum atomic E-state index is 4.55. The highest BCUT2D eigenvalue weighted by atomic mass is 15.1. The summed E-state index contributed by atoms with van der Waals surface area (Å²) >= 11 is 0. The number of imidazole rings is 1. The number of pyridine rings is 1. The van der Waals surface area contributed by atoms with E-state index >= 15 is 0 Å². The molecular formula is C12H18N4. The standard InChI is InChI=1S/C12H18N4/c1-12(2,3)14-8-10-15-9-6-5-7-13-11(9)16(10)4/h5-7,14H,8H2,1-4H3. The Kier molecular flexibility index (Phi) is 2.68. The zero-order chi connectivity index (χ0) is 11.8. The molecule has 2 rings (SSSR count). The first-order chi connectivity index (χ1) is 7.47. The third-order valence-electron chi connectivity index (χ3n) is 2.50. The molecular weight excluding hydrogens is 200 g/mol. The first-order valence-corrected chi connectivity index (χ1v) is 5.49. The lowest BCUT2D eigenvalue weighted by molar-refractivity contribution is 0.415. The summed E-state index contributed by atoms with van der Waals surface area (Å²) in [6.07, 6.45) is 1.80. The van der Waals surface area contributed by atoms with E-state index in [1.54, 1.807) is 6.20 Å². The Bertz CT molecular complexity index is 493. The molecule has 0 saturated heterocycles. The van der Waals surface area contributed by atoms with E-state index < -0.39 is 0 Å². The summed E-state index contributed by atoms with van der Waals surface area (Å²) in [6, 6.07) is 3.90. The molecule has 2 heterocycles. The maximum absolute atomic E-state index is 4.55. The van der Waals surface area contributed by atoms with Crippen LogP contribution in [0.3, 0.4) is 0 Å². The normalized spacial score (nSPS) is 12.2. The van der Waals surface area contributed by atoms with Gasteiger partial charge < -0.3 is 9.88 Å². The molecule has 0 saturated carbocycles. The average Bonchev–Trinajstić information content (AvgIpc) is 2.53. The second-order valence-corrected chi connectivity index (χ2v) is 5.04. The molecule has 4 heteroatoms. The van der Waals surface area contributed by atoms with E-state index in [1.807, 2.05) is 23.7 Å². The van der Waals surface area contributed by atoms with Crippen LogP contribution in [-0.4, -0.2) is 20.1 Å². The molecule has 0 aromatic carbocycles. The molecule has 0 radical (unpaired) electrons. The third-order valence-corrected chi connectivity index (χ3v) is 2.50. The van der Waals surface area contributed by atoms with E-state index in [0.717, 1.165) is 23.5 Å². The molecule has 86 valence electrons. The van der Waals surface area contributed by atoms with Gasteiger partial charge in [0.1, 0.15) is 11.3 Å². The Morgan fingerprint density at radius 3 is 2.75 bits per heavy atom. The van der Waals surface area contributed by atoms with Crippen LogP contribution >= 0.6 is 0 Å². The van der Waals surface area contributed by atoms with Crippen LogP contribution in [0, 0.1) is 0 Å². The van der Waals surface area contributed by atoms with Crippen molar-refractivity contribution < 1.29 is 0 Å². The third kappa shape index (κ3) is 2.22. The van der Waals surface area contributed by atoms with Crippen LogP contribution in [0.2, 0.25) is 0 Å². The van der Waals surface area contributed by atoms with Crippen LogP contribution in [0.1, 0.15) is 26.6 Å². The van der Waals surface area contributed by atoms with Crippen molar-refractivity contribution in [2.24, 2.45) is 7.05 Å². The van der Waals surface area contributed by atoms with Gasteiger partial charge in [0.2, 0.25) is 0 Å². The summed E-state index contributed by atoms with van der Waals surface area (Å²) in [5, 5.41) is 3.43. The number of nitrogens with one attached hydrogen (secondary N) is 1. The summed E-state index contributed by atoms with van der Waals surface area (Å²) < 4.78 is 2.04. The minimum atomic E-state index is 0.103. The van der Waals surface area contributed by atoms with Gasteiger partial charge in [0.05, 0.1) is 6.54 Å². The van der Waals surface area contributed by atoms with Gasteiger partial charge in [-0.1, -0.05) is 0 Å². The van der Waals surface area contributed by atoms with Gasteiger partial charge in [-0.2, -0.15) is 0 Å². The Labute approximate surface area is 95.7 Å². The highest BCUT2D eigenvalue weighted by Crippen LogP contribution is 2.12. The molecule has 0 aliphatic rings. The first-order valence-electron chi connectivity index (χ1n) is 5.49. The molecule has 0 aliphatic carbocycles. The average molecular weight is 218 g/mol. The molecule has 1 N–H and O–H groups in total. The largest absolute Gasteiger partial charge is 0.315 e. The second-order valence-electron chi connectivity index (χ2n) is 5.04. The number of hydrogen-bond donors (Lipinski definition) is 1.